The molecule has 3 N–H and O–H groups in total. The monoisotopic (exact) mass is 338 g/mol. The van der Waals surface area contributed by atoms with E-state index in [1.54, 1.807) is 6.92 Å². The third-order valence-corrected chi connectivity index (χ3v) is 4.17. The lowest BCUT2D eigenvalue weighted by Crippen LogP contribution is -2.16. The summed E-state index contributed by atoms with van der Waals surface area (Å²) >= 11 is -1.99. The summed E-state index contributed by atoms with van der Waals surface area (Å²) in [5.74, 6) is -0.486. The highest BCUT2D eigenvalue weighted by atomic mass is 32.2. The van der Waals surface area contributed by atoms with Crippen molar-refractivity contribution in [3.8, 4) is 5.75 Å². The summed E-state index contributed by atoms with van der Waals surface area (Å²) in [5, 5.41) is 15.8. The number of ether oxygens (including phenoxy) is 1. The summed E-state index contributed by atoms with van der Waals surface area (Å²) in [6, 6.07) is 3.02. The van der Waals surface area contributed by atoms with Gasteiger partial charge in [0.2, 0.25) is 10.0 Å². The van der Waals surface area contributed by atoms with Crippen LogP contribution in [0.1, 0.15) is 6.92 Å². The smallest absolute Gasteiger partial charge is 0.312 e. The molecule has 1 aromatic rings. The van der Waals surface area contributed by atoms with Crippen LogP contribution >= 0.6 is 0 Å². The zero-order chi connectivity index (χ0) is 16.2. The van der Waals surface area contributed by atoms with Gasteiger partial charge in [0.25, 0.3) is 0 Å². The second-order valence-corrected chi connectivity index (χ2v) is 6.87. The Balaban J connectivity index is 2.97. The molecule has 11 heteroatoms. The first kappa shape index (κ1) is 17.5. The highest BCUT2D eigenvalue weighted by Crippen LogP contribution is 2.29. The van der Waals surface area contributed by atoms with Crippen molar-refractivity contribution in [2.24, 2.45) is 11.1 Å². The minimum absolute atomic E-state index is 0.0259. The van der Waals surface area contributed by atoms with Crippen LogP contribution < -0.4 is 9.88 Å². The zero-order valence-electron chi connectivity index (χ0n) is 11.0. The number of nitrogens with zero attached hydrogens (tertiary/aromatic N) is 1. The molecule has 0 aliphatic carbocycles. The van der Waals surface area contributed by atoms with E-state index < -0.39 is 36.6 Å². The number of nitro benzene ring substituents is 1. The molecule has 2 unspecified atom stereocenters. The summed E-state index contributed by atoms with van der Waals surface area (Å²) in [4.78, 5) is 9.73. The minimum Gasteiger partial charge on any atom is -0.486 e. The standard InChI is InChI=1S/C10H14N2O7S2/c1-7(6-20(15)16)5-19-10-3-2-8(21(11,17)18)4-9(10)12(13)14/h2-4,7H,5-6H2,1H3,(H,15,16)(H2,11,17,18). The Kier molecular flexibility index (Phi) is 5.78. The van der Waals surface area contributed by atoms with Crippen LogP contribution in [-0.2, 0) is 21.1 Å². The van der Waals surface area contributed by atoms with Crippen molar-refractivity contribution in [1.82, 2.24) is 0 Å². The number of hydrogen-bond donors (Lipinski definition) is 2. The summed E-state index contributed by atoms with van der Waals surface area (Å²) < 4.78 is 46.9. The van der Waals surface area contributed by atoms with Crippen molar-refractivity contribution >= 4 is 26.8 Å². The Hall–Kier alpha value is -1.56. The van der Waals surface area contributed by atoms with Gasteiger partial charge in [0.05, 0.1) is 22.2 Å². The molecule has 0 saturated carbocycles. The summed E-state index contributed by atoms with van der Waals surface area (Å²) in [5.41, 5.74) is -0.543. The van der Waals surface area contributed by atoms with E-state index in [1.807, 2.05) is 0 Å². The number of benzene rings is 1. The maximum absolute atomic E-state index is 11.2. The molecule has 0 fully saturated rings. The van der Waals surface area contributed by atoms with Crippen LogP contribution in [-0.4, -0.2) is 34.5 Å². The normalized spacial score (nSPS) is 14.4. The number of nitro groups is 1. The predicted octanol–water partition coefficient (Wildman–Crippen LogP) is 0.479. The fourth-order valence-corrected chi connectivity index (χ4v) is 2.58. The summed E-state index contributed by atoms with van der Waals surface area (Å²) in [7, 11) is -4.06. The molecule has 0 bridgehead atoms. The number of nitrogens with two attached hydrogens (primary N) is 1. The molecule has 9 nitrogen and oxygen atoms in total. The number of rotatable bonds is 7. The molecular formula is C10H14N2O7S2. The van der Waals surface area contributed by atoms with Crippen molar-refractivity contribution < 1.29 is 26.8 Å². The number of sulfonamides is 1. The van der Waals surface area contributed by atoms with Crippen LogP contribution in [0.25, 0.3) is 0 Å². The third kappa shape index (κ3) is 5.38. The Morgan fingerprint density at radius 3 is 2.62 bits per heavy atom. The van der Waals surface area contributed by atoms with Crippen molar-refractivity contribution in [2.45, 2.75) is 11.8 Å². The van der Waals surface area contributed by atoms with Crippen molar-refractivity contribution in [3.63, 3.8) is 0 Å². The molecule has 21 heavy (non-hydrogen) atoms. The van der Waals surface area contributed by atoms with Crippen LogP contribution in [0.3, 0.4) is 0 Å². The SMILES string of the molecule is CC(COc1ccc(S(N)(=O)=O)cc1[N+](=O)[O-])CS(=O)O. The first-order chi connectivity index (χ1) is 9.61. The van der Waals surface area contributed by atoms with Gasteiger partial charge >= 0.3 is 5.69 Å². The van der Waals surface area contributed by atoms with Gasteiger partial charge in [0.1, 0.15) is 0 Å². The van der Waals surface area contributed by atoms with Crippen LogP contribution in [0.5, 0.6) is 5.75 Å². The lowest BCUT2D eigenvalue weighted by Gasteiger charge is -2.11. The molecule has 2 atom stereocenters. The van der Waals surface area contributed by atoms with Gasteiger partial charge in [-0.05, 0) is 12.1 Å². The van der Waals surface area contributed by atoms with Crippen LogP contribution in [0.15, 0.2) is 23.1 Å². The predicted molar refractivity (Wildman–Crippen MR) is 74.8 cm³/mol. The molecule has 0 aliphatic heterocycles. The Bertz CT molecular complexity index is 659. The van der Waals surface area contributed by atoms with Gasteiger partial charge in [-0.1, -0.05) is 6.92 Å². The average Bonchev–Trinajstić information content (AvgIpc) is 2.34. The Labute approximate surface area is 123 Å². The molecule has 0 heterocycles. The van der Waals surface area contributed by atoms with Gasteiger partial charge in [-0.25, -0.2) is 17.8 Å². The molecule has 0 amide bonds. The number of primary sulfonamides is 1. The number of hydrogen-bond acceptors (Lipinski definition) is 6. The van der Waals surface area contributed by atoms with Crippen molar-refractivity contribution in [3.05, 3.63) is 28.3 Å². The third-order valence-electron chi connectivity index (χ3n) is 2.41. The van der Waals surface area contributed by atoms with Crippen molar-refractivity contribution in [1.29, 1.82) is 0 Å². The Morgan fingerprint density at radius 1 is 1.52 bits per heavy atom. The lowest BCUT2D eigenvalue weighted by molar-refractivity contribution is -0.386. The highest BCUT2D eigenvalue weighted by Gasteiger charge is 2.20. The van der Waals surface area contributed by atoms with E-state index >= 15 is 0 Å². The maximum atomic E-state index is 11.2. The van der Waals surface area contributed by atoms with E-state index in [0.717, 1.165) is 18.2 Å². The van der Waals surface area contributed by atoms with Crippen molar-refractivity contribution in [2.75, 3.05) is 12.4 Å². The molecule has 0 saturated heterocycles. The van der Waals surface area contributed by atoms with E-state index in [2.05, 4.69) is 0 Å². The average molecular weight is 338 g/mol. The first-order valence-electron chi connectivity index (χ1n) is 5.62. The van der Waals surface area contributed by atoms with Crippen LogP contribution in [0, 0.1) is 16.0 Å². The summed E-state index contributed by atoms with van der Waals surface area (Å²) in [6.45, 7) is 1.61. The molecule has 1 aromatic carbocycles. The van der Waals surface area contributed by atoms with E-state index in [-0.39, 0.29) is 24.0 Å². The molecular weight excluding hydrogens is 324 g/mol. The van der Waals surface area contributed by atoms with Gasteiger partial charge in [-0.15, -0.1) is 0 Å². The molecule has 1 rings (SSSR count). The molecule has 0 aliphatic rings. The van der Waals surface area contributed by atoms with E-state index in [1.165, 1.54) is 0 Å². The summed E-state index contributed by atoms with van der Waals surface area (Å²) in [6.07, 6.45) is 0. The van der Waals surface area contributed by atoms with Crippen LogP contribution in [0.4, 0.5) is 5.69 Å². The maximum Gasteiger partial charge on any atom is 0.312 e. The molecule has 0 spiro atoms. The fourth-order valence-electron chi connectivity index (χ4n) is 1.46. The molecule has 0 aromatic heterocycles. The molecule has 118 valence electrons. The Morgan fingerprint density at radius 2 is 2.14 bits per heavy atom. The van der Waals surface area contributed by atoms with E-state index in [9.17, 15) is 22.7 Å². The second-order valence-electron chi connectivity index (χ2n) is 4.34. The topological polar surface area (TPSA) is 150 Å². The van der Waals surface area contributed by atoms with E-state index in [4.69, 9.17) is 14.4 Å². The van der Waals surface area contributed by atoms with E-state index in [0.29, 0.717) is 0 Å². The minimum atomic E-state index is -4.06. The second kappa shape index (κ2) is 6.93. The fraction of sp³-hybridized carbons (Fsp3) is 0.400. The molecule has 0 radical (unpaired) electrons. The highest BCUT2D eigenvalue weighted by molar-refractivity contribution is 7.89. The van der Waals surface area contributed by atoms with Gasteiger partial charge in [-0.2, -0.15) is 0 Å². The zero-order valence-corrected chi connectivity index (χ0v) is 12.6. The van der Waals surface area contributed by atoms with Gasteiger partial charge in [0.15, 0.2) is 16.8 Å². The van der Waals surface area contributed by atoms with Gasteiger partial charge < -0.3 is 9.29 Å². The van der Waals surface area contributed by atoms with Gasteiger partial charge in [-0.3, -0.25) is 10.1 Å². The lowest BCUT2D eigenvalue weighted by atomic mass is 10.2. The van der Waals surface area contributed by atoms with Gasteiger partial charge in [0, 0.05) is 12.0 Å². The van der Waals surface area contributed by atoms with Crippen LogP contribution in [0.2, 0.25) is 0 Å². The first-order valence-corrected chi connectivity index (χ1v) is 8.45. The largest absolute Gasteiger partial charge is 0.486 e. The quantitative estimate of drug-likeness (QED) is 0.417.